The smallest absolute Gasteiger partial charge is 0.158 e. The Bertz CT molecular complexity index is 648. The minimum absolute atomic E-state index is 0.752. The van der Waals surface area contributed by atoms with Crippen LogP contribution < -0.4 is 0 Å². The third-order valence-corrected chi connectivity index (χ3v) is 2.92. The zero-order valence-electron chi connectivity index (χ0n) is 8.92. The second-order valence-electron chi connectivity index (χ2n) is 3.70. The molecule has 0 amide bonds. The molecule has 3 aromatic heterocycles. The van der Waals surface area contributed by atoms with Crippen LogP contribution in [0.15, 0.2) is 47.7 Å². The molecule has 0 saturated carbocycles. The molecule has 3 rings (SSSR count). The number of halogens is 1. The van der Waals surface area contributed by atoms with Crippen LogP contribution in [0.25, 0.3) is 5.65 Å². The summed E-state index contributed by atoms with van der Waals surface area (Å²) in [5, 5.41) is 0. The average Bonchev–Trinajstić information content (AvgIpc) is 2.78. The lowest BCUT2D eigenvalue weighted by molar-refractivity contribution is 0.997. The van der Waals surface area contributed by atoms with Crippen LogP contribution in [0.2, 0.25) is 0 Å². The van der Waals surface area contributed by atoms with Crippen LogP contribution >= 0.6 is 15.9 Å². The number of aromatic nitrogens is 4. The Morgan fingerprint density at radius 3 is 2.82 bits per heavy atom. The molecule has 0 bridgehead atoms. The molecule has 0 fully saturated rings. The van der Waals surface area contributed by atoms with E-state index in [4.69, 9.17) is 0 Å². The summed E-state index contributed by atoms with van der Waals surface area (Å²) in [6.45, 7) is 0. The Morgan fingerprint density at radius 2 is 2.00 bits per heavy atom. The van der Waals surface area contributed by atoms with Crippen molar-refractivity contribution in [2.75, 3.05) is 0 Å². The number of nitrogens with zero attached hydrogens (tertiary/aromatic N) is 4. The first-order chi connectivity index (χ1) is 8.33. The highest BCUT2D eigenvalue weighted by Gasteiger charge is 2.07. The highest BCUT2D eigenvalue weighted by Crippen LogP contribution is 2.15. The number of rotatable bonds is 2. The van der Waals surface area contributed by atoms with Gasteiger partial charge in [-0.2, -0.15) is 0 Å². The summed E-state index contributed by atoms with van der Waals surface area (Å²) >= 11 is 3.41. The van der Waals surface area contributed by atoms with Gasteiger partial charge in [-0.15, -0.1) is 0 Å². The molecule has 4 nitrogen and oxygen atoms in total. The molecule has 5 heteroatoms. The highest BCUT2D eigenvalue weighted by molar-refractivity contribution is 9.10. The van der Waals surface area contributed by atoms with Crippen LogP contribution in [0.3, 0.4) is 0 Å². The number of hydrogen-bond acceptors (Lipinski definition) is 3. The van der Waals surface area contributed by atoms with Gasteiger partial charge in [0.05, 0.1) is 5.69 Å². The molecule has 3 aromatic rings. The molecule has 0 saturated heterocycles. The summed E-state index contributed by atoms with van der Waals surface area (Å²) in [6.07, 6.45) is 9.92. The van der Waals surface area contributed by atoms with Crippen LogP contribution in [-0.2, 0) is 6.42 Å². The van der Waals surface area contributed by atoms with Crippen LogP contribution in [0, 0.1) is 0 Å². The summed E-state index contributed by atoms with van der Waals surface area (Å²) < 4.78 is 2.78. The van der Waals surface area contributed by atoms with Crippen molar-refractivity contribution in [2.24, 2.45) is 0 Å². The van der Waals surface area contributed by atoms with Gasteiger partial charge in [0.2, 0.25) is 0 Å². The fraction of sp³-hybridized carbons (Fsp3) is 0.0833. The number of hydrogen-bond donors (Lipinski definition) is 0. The van der Waals surface area contributed by atoms with Gasteiger partial charge in [0.15, 0.2) is 5.65 Å². The molecule has 0 aliphatic rings. The summed E-state index contributed by atoms with van der Waals surface area (Å²) in [7, 11) is 0. The van der Waals surface area contributed by atoms with E-state index in [2.05, 4.69) is 30.9 Å². The molecular formula is C12H9BrN4. The third kappa shape index (κ3) is 2.06. The second-order valence-corrected chi connectivity index (χ2v) is 4.51. The van der Waals surface area contributed by atoms with E-state index in [0.29, 0.717) is 0 Å². The first kappa shape index (κ1) is 10.4. The van der Waals surface area contributed by atoms with Crippen molar-refractivity contribution in [1.82, 2.24) is 19.4 Å². The molecule has 0 atom stereocenters. The molecule has 0 aliphatic heterocycles. The maximum absolute atomic E-state index is 4.48. The summed E-state index contributed by atoms with van der Waals surface area (Å²) in [5.74, 6) is 0. The minimum Gasteiger partial charge on any atom is -0.303 e. The predicted molar refractivity (Wildman–Crippen MR) is 67.7 cm³/mol. The van der Waals surface area contributed by atoms with Crippen molar-refractivity contribution in [3.63, 3.8) is 0 Å². The number of pyridine rings is 1. The standard InChI is InChI=1S/C12H9BrN4/c13-11-8-17-6-5-15-12(17)10(16-11)7-9-1-3-14-4-2-9/h1-6,8H,7H2. The molecule has 0 N–H and O–H groups in total. The lowest BCUT2D eigenvalue weighted by Crippen LogP contribution is -1.98. The third-order valence-electron chi connectivity index (χ3n) is 2.54. The number of imidazole rings is 1. The van der Waals surface area contributed by atoms with Gasteiger partial charge in [-0.05, 0) is 33.6 Å². The SMILES string of the molecule is Brc1cn2ccnc2c(Cc2ccncc2)n1. The van der Waals surface area contributed by atoms with E-state index in [-0.39, 0.29) is 0 Å². The van der Waals surface area contributed by atoms with Crippen LogP contribution in [0.1, 0.15) is 11.3 Å². The van der Waals surface area contributed by atoms with Gasteiger partial charge in [0, 0.05) is 37.4 Å². The lowest BCUT2D eigenvalue weighted by atomic mass is 10.1. The molecule has 3 heterocycles. The molecule has 0 unspecified atom stereocenters. The first-order valence-electron chi connectivity index (χ1n) is 5.20. The van der Waals surface area contributed by atoms with E-state index >= 15 is 0 Å². The van der Waals surface area contributed by atoms with E-state index < -0.39 is 0 Å². The van der Waals surface area contributed by atoms with E-state index in [1.165, 1.54) is 5.56 Å². The van der Waals surface area contributed by atoms with E-state index in [1.807, 2.05) is 28.9 Å². The fourth-order valence-corrected chi connectivity index (χ4v) is 2.21. The predicted octanol–water partition coefficient (Wildman–Crippen LogP) is 2.48. The quantitative estimate of drug-likeness (QED) is 0.728. The van der Waals surface area contributed by atoms with Crippen molar-refractivity contribution in [3.05, 3.63) is 59.0 Å². The van der Waals surface area contributed by atoms with Crippen LogP contribution in [0.5, 0.6) is 0 Å². The Balaban J connectivity index is 2.08. The largest absolute Gasteiger partial charge is 0.303 e. The normalized spacial score (nSPS) is 10.9. The van der Waals surface area contributed by atoms with Crippen molar-refractivity contribution < 1.29 is 0 Å². The van der Waals surface area contributed by atoms with Gasteiger partial charge in [0.25, 0.3) is 0 Å². The molecular weight excluding hydrogens is 280 g/mol. The van der Waals surface area contributed by atoms with Crippen molar-refractivity contribution >= 4 is 21.6 Å². The van der Waals surface area contributed by atoms with Gasteiger partial charge in [0.1, 0.15) is 4.60 Å². The number of fused-ring (bicyclic) bond motifs is 1. The molecule has 17 heavy (non-hydrogen) atoms. The van der Waals surface area contributed by atoms with Crippen LogP contribution in [-0.4, -0.2) is 19.4 Å². The maximum Gasteiger partial charge on any atom is 0.158 e. The van der Waals surface area contributed by atoms with E-state index in [9.17, 15) is 0 Å². The van der Waals surface area contributed by atoms with Gasteiger partial charge in [-0.25, -0.2) is 9.97 Å². The Morgan fingerprint density at radius 1 is 1.18 bits per heavy atom. The molecule has 84 valence electrons. The van der Waals surface area contributed by atoms with Crippen molar-refractivity contribution in [1.29, 1.82) is 0 Å². The van der Waals surface area contributed by atoms with Gasteiger partial charge in [-0.3, -0.25) is 4.98 Å². The topological polar surface area (TPSA) is 43.1 Å². The first-order valence-corrected chi connectivity index (χ1v) is 5.99. The molecule has 0 aliphatic carbocycles. The minimum atomic E-state index is 0.752. The molecule has 0 radical (unpaired) electrons. The Hall–Kier alpha value is -1.75. The van der Waals surface area contributed by atoms with Crippen molar-refractivity contribution in [3.8, 4) is 0 Å². The molecule has 0 spiro atoms. The van der Waals surface area contributed by atoms with Crippen LogP contribution in [0.4, 0.5) is 0 Å². The Kier molecular flexibility index (Phi) is 2.60. The van der Waals surface area contributed by atoms with Gasteiger partial charge in [-0.1, -0.05) is 0 Å². The maximum atomic E-state index is 4.48. The Labute approximate surface area is 106 Å². The second kappa shape index (κ2) is 4.25. The summed E-state index contributed by atoms with van der Waals surface area (Å²) in [4.78, 5) is 12.8. The van der Waals surface area contributed by atoms with E-state index in [0.717, 1.165) is 22.4 Å². The van der Waals surface area contributed by atoms with E-state index in [1.54, 1.807) is 18.6 Å². The van der Waals surface area contributed by atoms with Gasteiger partial charge < -0.3 is 4.40 Å². The molecule has 0 aromatic carbocycles. The zero-order chi connectivity index (χ0) is 11.7. The fourth-order valence-electron chi connectivity index (χ4n) is 1.78. The summed E-state index contributed by atoms with van der Waals surface area (Å²) in [6, 6.07) is 3.98. The van der Waals surface area contributed by atoms with Gasteiger partial charge >= 0.3 is 0 Å². The highest BCUT2D eigenvalue weighted by atomic mass is 79.9. The monoisotopic (exact) mass is 288 g/mol. The van der Waals surface area contributed by atoms with Crippen molar-refractivity contribution in [2.45, 2.75) is 6.42 Å². The average molecular weight is 289 g/mol. The summed E-state index contributed by atoms with van der Waals surface area (Å²) in [5.41, 5.74) is 3.02. The zero-order valence-corrected chi connectivity index (χ0v) is 10.5. The lowest BCUT2D eigenvalue weighted by Gasteiger charge is -2.04.